The molecule has 1 amide bonds. The number of nitriles is 1. The van der Waals surface area contributed by atoms with Crippen molar-refractivity contribution in [1.29, 1.82) is 5.26 Å². The van der Waals surface area contributed by atoms with Crippen LogP contribution in [-0.2, 0) is 21.1 Å². The second-order valence-corrected chi connectivity index (χ2v) is 10.0. The zero-order valence-corrected chi connectivity index (χ0v) is 21.6. The Kier molecular flexibility index (Phi) is 7.94. The Labute approximate surface area is 220 Å². The predicted octanol–water partition coefficient (Wildman–Crippen LogP) is 4.57. The van der Waals surface area contributed by atoms with E-state index in [9.17, 15) is 9.00 Å². The molecule has 0 fully saturated rings. The first kappa shape index (κ1) is 26.2. The van der Waals surface area contributed by atoms with Crippen molar-refractivity contribution in [2.24, 2.45) is 0 Å². The first-order valence-corrected chi connectivity index (χ1v) is 13.2. The normalized spacial score (nSPS) is 12.1. The minimum absolute atomic E-state index is 0.127. The fraction of sp³-hybridized carbons (Fsp3) is 0.148. The monoisotopic (exact) mass is 531 g/mol. The SMILES string of the molecule is C=S(=O)(NC(=O)OCC)c1cccc(COc2cc3ncnc(Nc4cccc(C#N)c4)c3cc2OC)c1. The average Bonchev–Trinajstić information content (AvgIpc) is 2.91. The van der Waals surface area contributed by atoms with Crippen molar-refractivity contribution >= 4 is 44.1 Å². The molecule has 1 heterocycles. The standard InChI is InChI=1S/C27H25N5O5S/c1-4-36-27(33)32-38(3,34)21-10-6-8-19(12-21)16-37-25-14-23-22(13-24(25)35-2)26(30-17-29-23)31-20-9-5-7-18(11-20)15-28/h5-14,17H,3-4,16H2,1-2H3,(H,29,30,31)(H,32,33,34). The van der Waals surface area contributed by atoms with E-state index in [1.54, 1.807) is 61.5 Å². The number of anilines is 2. The van der Waals surface area contributed by atoms with Crippen LogP contribution in [0.4, 0.5) is 16.3 Å². The number of carbonyl (C=O) groups is 1. The summed E-state index contributed by atoms with van der Waals surface area (Å²) in [6.07, 6.45) is 0.628. The average molecular weight is 532 g/mol. The van der Waals surface area contributed by atoms with Gasteiger partial charge in [-0.15, -0.1) is 0 Å². The fourth-order valence-corrected chi connectivity index (χ4v) is 4.68. The molecule has 0 aliphatic rings. The number of methoxy groups -OCH3 is 1. The van der Waals surface area contributed by atoms with Crippen LogP contribution < -0.4 is 19.5 Å². The molecule has 10 nitrogen and oxygen atoms in total. The van der Waals surface area contributed by atoms with Crippen LogP contribution in [0.3, 0.4) is 0 Å². The van der Waals surface area contributed by atoms with Crippen molar-refractivity contribution < 1.29 is 23.2 Å². The lowest BCUT2D eigenvalue weighted by Crippen LogP contribution is -2.31. The van der Waals surface area contributed by atoms with E-state index in [1.807, 2.05) is 6.07 Å². The van der Waals surface area contributed by atoms with Gasteiger partial charge in [-0.1, -0.05) is 18.2 Å². The quantitative estimate of drug-likeness (QED) is 0.298. The van der Waals surface area contributed by atoms with E-state index in [-0.39, 0.29) is 13.2 Å². The molecule has 0 aliphatic carbocycles. The van der Waals surface area contributed by atoms with Crippen LogP contribution in [-0.4, -0.2) is 39.9 Å². The van der Waals surface area contributed by atoms with Gasteiger partial charge in [0.2, 0.25) is 0 Å². The highest BCUT2D eigenvalue weighted by Crippen LogP contribution is 2.35. The third-order valence-corrected chi connectivity index (χ3v) is 6.88. The number of ether oxygens (including phenoxy) is 3. The highest BCUT2D eigenvalue weighted by molar-refractivity contribution is 7.99. The maximum atomic E-state index is 12.9. The van der Waals surface area contributed by atoms with E-state index in [1.165, 1.54) is 13.4 Å². The van der Waals surface area contributed by atoms with Crippen molar-refractivity contribution in [3.8, 4) is 17.6 Å². The van der Waals surface area contributed by atoms with Crippen LogP contribution in [0.1, 0.15) is 18.1 Å². The van der Waals surface area contributed by atoms with Gasteiger partial charge in [-0.05, 0) is 54.8 Å². The lowest BCUT2D eigenvalue weighted by atomic mass is 10.2. The molecule has 194 valence electrons. The van der Waals surface area contributed by atoms with E-state index in [2.05, 4.69) is 31.9 Å². The van der Waals surface area contributed by atoms with Crippen LogP contribution in [0.5, 0.6) is 11.5 Å². The maximum Gasteiger partial charge on any atom is 0.418 e. The fourth-order valence-electron chi connectivity index (χ4n) is 3.59. The number of carbonyl (C=O) groups excluding carboxylic acids is 1. The molecule has 0 saturated carbocycles. The molecule has 0 aliphatic heterocycles. The van der Waals surface area contributed by atoms with Crippen LogP contribution in [0.25, 0.3) is 10.9 Å². The van der Waals surface area contributed by atoms with Crippen LogP contribution in [0, 0.1) is 11.3 Å². The predicted molar refractivity (Wildman–Crippen MR) is 145 cm³/mol. The molecule has 0 bridgehead atoms. The smallest absolute Gasteiger partial charge is 0.418 e. The molecule has 4 aromatic rings. The van der Waals surface area contributed by atoms with E-state index in [0.29, 0.717) is 49.9 Å². The number of nitrogens with zero attached hydrogens (tertiary/aromatic N) is 3. The summed E-state index contributed by atoms with van der Waals surface area (Å²) in [5, 5.41) is 13.1. The number of benzene rings is 3. The van der Waals surface area contributed by atoms with Gasteiger partial charge in [0.05, 0.1) is 45.5 Å². The summed E-state index contributed by atoms with van der Waals surface area (Å²) in [7, 11) is -1.58. The van der Waals surface area contributed by atoms with E-state index in [0.717, 1.165) is 0 Å². The largest absolute Gasteiger partial charge is 0.493 e. The summed E-state index contributed by atoms with van der Waals surface area (Å²) in [6, 6.07) is 19.5. The van der Waals surface area contributed by atoms with Gasteiger partial charge >= 0.3 is 6.09 Å². The van der Waals surface area contributed by atoms with Crippen molar-refractivity contribution in [3.05, 3.63) is 78.1 Å². The lowest BCUT2D eigenvalue weighted by molar-refractivity contribution is 0.159. The molecule has 0 saturated heterocycles. The van der Waals surface area contributed by atoms with Crippen molar-refractivity contribution in [2.75, 3.05) is 19.0 Å². The second-order valence-electron chi connectivity index (χ2n) is 7.99. The molecule has 1 aromatic heterocycles. The summed E-state index contributed by atoms with van der Waals surface area (Å²) in [5.41, 5.74) is 2.55. The van der Waals surface area contributed by atoms with Gasteiger partial charge in [-0.25, -0.2) is 23.7 Å². The van der Waals surface area contributed by atoms with Crippen molar-refractivity contribution in [2.45, 2.75) is 18.4 Å². The minimum Gasteiger partial charge on any atom is -0.493 e. The van der Waals surface area contributed by atoms with Gasteiger partial charge in [-0.3, -0.25) is 0 Å². The number of hydrogen-bond acceptors (Lipinski definition) is 9. The van der Waals surface area contributed by atoms with Gasteiger partial charge < -0.3 is 19.5 Å². The zero-order chi connectivity index (χ0) is 27.1. The number of nitrogens with one attached hydrogen (secondary N) is 2. The molecular formula is C27H25N5O5S. The van der Waals surface area contributed by atoms with Gasteiger partial charge in [0.1, 0.15) is 18.8 Å². The second kappa shape index (κ2) is 11.5. The Bertz CT molecular complexity index is 1630. The Balaban J connectivity index is 1.57. The van der Waals surface area contributed by atoms with Crippen molar-refractivity contribution in [3.63, 3.8) is 0 Å². The number of aromatic nitrogens is 2. The molecule has 38 heavy (non-hydrogen) atoms. The maximum absolute atomic E-state index is 12.9. The number of fused-ring (bicyclic) bond motifs is 1. The lowest BCUT2D eigenvalue weighted by Gasteiger charge is -2.15. The van der Waals surface area contributed by atoms with E-state index in [4.69, 9.17) is 19.5 Å². The molecule has 2 N–H and O–H groups in total. The summed E-state index contributed by atoms with van der Waals surface area (Å²) in [5.74, 6) is 5.10. The summed E-state index contributed by atoms with van der Waals surface area (Å²) >= 11 is 0. The van der Waals surface area contributed by atoms with Gasteiger partial charge in [0.25, 0.3) is 0 Å². The minimum atomic E-state index is -3.11. The van der Waals surface area contributed by atoms with Gasteiger partial charge in [-0.2, -0.15) is 5.26 Å². The van der Waals surface area contributed by atoms with E-state index >= 15 is 0 Å². The number of amides is 1. The molecular weight excluding hydrogens is 506 g/mol. The molecule has 3 aromatic carbocycles. The summed E-state index contributed by atoms with van der Waals surface area (Å²) < 4.78 is 31.6. The van der Waals surface area contributed by atoms with Gasteiger partial charge in [0.15, 0.2) is 11.5 Å². The third kappa shape index (κ3) is 6.11. The topological polar surface area (TPSA) is 135 Å². The summed E-state index contributed by atoms with van der Waals surface area (Å²) in [6.45, 7) is 1.93. The first-order valence-electron chi connectivity index (χ1n) is 11.5. The highest BCUT2D eigenvalue weighted by atomic mass is 32.2. The molecule has 11 heteroatoms. The zero-order valence-electron chi connectivity index (χ0n) is 20.8. The van der Waals surface area contributed by atoms with Crippen molar-refractivity contribution in [1.82, 2.24) is 14.7 Å². The van der Waals surface area contributed by atoms with Crippen LogP contribution >= 0.6 is 0 Å². The highest BCUT2D eigenvalue weighted by Gasteiger charge is 2.15. The number of rotatable bonds is 9. The van der Waals surface area contributed by atoms with E-state index < -0.39 is 15.8 Å². The van der Waals surface area contributed by atoms with Crippen LogP contribution in [0.15, 0.2) is 71.9 Å². The Morgan fingerprint density at radius 3 is 2.68 bits per heavy atom. The Morgan fingerprint density at radius 2 is 1.92 bits per heavy atom. The third-order valence-electron chi connectivity index (χ3n) is 5.37. The molecule has 4 rings (SSSR count). The molecule has 0 radical (unpaired) electrons. The Morgan fingerprint density at radius 1 is 1.11 bits per heavy atom. The molecule has 0 spiro atoms. The summed E-state index contributed by atoms with van der Waals surface area (Å²) in [4.78, 5) is 20.8. The van der Waals surface area contributed by atoms with Gasteiger partial charge in [0, 0.05) is 17.1 Å². The Hall–Kier alpha value is -4.82. The molecule has 1 unspecified atom stereocenters. The van der Waals surface area contributed by atoms with Crippen LogP contribution in [0.2, 0.25) is 0 Å². The molecule has 1 atom stereocenters. The first-order chi connectivity index (χ1) is 18.3. The number of hydrogen-bond donors (Lipinski definition) is 2.